The van der Waals surface area contributed by atoms with Gasteiger partial charge in [0.2, 0.25) is 0 Å². The maximum Gasteiger partial charge on any atom is 0.405 e. The van der Waals surface area contributed by atoms with Gasteiger partial charge in [-0.2, -0.15) is 26.3 Å². The Labute approximate surface area is 306 Å². The molecule has 0 aliphatic rings. The molecule has 7 rings (SSSR count). The van der Waals surface area contributed by atoms with Crippen LogP contribution in [0.3, 0.4) is 0 Å². The Morgan fingerprint density at radius 2 is 1.20 bits per heavy atom. The number of nitrogens with zero attached hydrogens (tertiary/aromatic N) is 5. The van der Waals surface area contributed by atoms with E-state index in [4.69, 9.17) is 4.42 Å². The van der Waals surface area contributed by atoms with E-state index in [9.17, 15) is 40.7 Å². The van der Waals surface area contributed by atoms with Crippen LogP contribution in [0.15, 0.2) is 115 Å². The molecule has 5 heterocycles. The van der Waals surface area contributed by atoms with E-state index in [-0.39, 0.29) is 0 Å². The molecule has 0 fully saturated rings. The highest BCUT2D eigenvalue weighted by atomic mass is 19.4. The third-order valence-electron chi connectivity index (χ3n) is 7.63. The number of hydrogen-bond acceptors (Lipinski definition) is 7. The van der Waals surface area contributed by atoms with Crippen molar-refractivity contribution >= 4 is 41.0 Å². The molecule has 13 nitrogen and oxygen atoms in total. The molecule has 0 aliphatic heterocycles. The molecule has 0 radical (unpaired) electrons. The molecule has 5 aromatic heterocycles. The van der Waals surface area contributed by atoms with Crippen LogP contribution in [0.5, 0.6) is 0 Å². The van der Waals surface area contributed by atoms with E-state index in [0.717, 1.165) is 23.1 Å². The summed E-state index contributed by atoms with van der Waals surface area (Å²) in [7, 11) is 0. The summed E-state index contributed by atoms with van der Waals surface area (Å²) in [6.45, 7) is -2.82. The third kappa shape index (κ3) is 9.83. The summed E-state index contributed by atoms with van der Waals surface area (Å²) in [5.41, 5.74) is 6.15. The summed E-state index contributed by atoms with van der Waals surface area (Å²) in [5, 5.41) is 8.26. The number of aldehydes is 1. The average Bonchev–Trinajstić information content (AvgIpc) is 3.93. The monoisotopic (exact) mass is 763 g/mol. The predicted molar refractivity (Wildman–Crippen MR) is 188 cm³/mol. The molecule has 19 heteroatoms. The molecule has 0 atom stereocenters. The summed E-state index contributed by atoms with van der Waals surface area (Å²) in [4.78, 5) is 46.6. The van der Waals surface area contributed by atoms with E-state index in [1.54, 1.807) is 94.4 Å². The van der Waals surface area contributed by atoms with E-state index in [1.807, 2.05) is 28.8 Å². The van der Waals surface area contributed by atoms with Gasteiger partial charge in [0, 0.05) is 46.0 Å². The lowest BCUT2D eigenvalue weighted by atomic mass is 10.1. The molecule has 2 aromatic carbocycles. The lowest BCUT2D eigenvalue weighted by Crippen LogP contribution is -2.36. The van der Waals surface area contributed by atoms with Crippen molar-refractivity contribution in [1.29, 1.82) is 0 Å². The molecule has 0 unspecified atom stereocenters. The van der Waals surface area contributed by atoms with Gasteiger partial charge in [-0.3, -0.25) is 13.6 Å². The fourth-order valence-corrected chi connectivity index (χ4v) is 5.21. The first-order valence-corrected chi connectivity index (χ1v) is 16.0. The van der Waals surface area contributed by atoms with Gasteiger partial charge in [-0.05, 0) is 48.5 Å². The van der Waals surface area contributed by atoms with Crippen LogP contribution in [0, 0.1) is 0 Å². The quantitative estimate of drug-likeness (QED) is 0.0907. The largest absolute Gasteiger partial charge is 0.444 e. The van der Waals surface area contributed by atoms with Crippen molar-refractivity contribution in [2.75, 3.05) is 23.7 Å². The number of halogens is 6. The number of amides is 4. The molecule has 0 aliphatic carbocycles. The van der Waals surface area contributed by atoms with Crippen LogP contribution in [0.2, 0.25) is 0 Å². The molecule has 4 amide bonds. The lowest BCUT2D eigenvalue weighted by Gasteiger charge is -2.10. The van der Waals surface area contributed by atoms with Gasteiger partial charge in [0.25, 0.3) is 0 Å². The van der Waals surface area contributed by atoms with E-state index in [0.29, 0.717) is 45.3 Å². The number of aromatic nitrogens is 5. The highest BCUT2D eigenvalue weighted by Gasteiger charge is 2.28. The number of oxazole rings is 1. The number of carbonyl (C=O) groups excluding carboxylic acids is 3. The van der Waals surface area contributed by atoms with Crippen molar-refractivity contribution in [1.82, 2.24) is 34.4 Å². The smallest absolute Gasteiger partial charge is 0.405 e. The maximum atomic E-state index is 12.2. The molecular formula is C36H27F6N9O4. The molecular weight excluding hydrogens is 736 g/mol. The highest BCUT2D eigenvalue weighted by Crippen LogP contribution is 2.27. The van der Waals surface area contributed by atoms with Crippen LogP contribution in [0.4, 0.5) is 47.3 Å². The Morgan fingerprint density at radius 3 is 1.69 bits per heavy atom. The summed E-state index contributed by atoms with van der Waals surface area (Å²) in [6, 6.07) is 18.4. The Balaban J connectivity index is 0.000000188. The second kappa shape index (κ2) is 15.8. The van der Waals surface area contributed by atoms with Gasteiger partial charge in [0.15, 0.2) is 12.2 Å². The van der Waals surface area contributed by atoms with Crippen molar-refractivity contribution in [3.63, 3.8) is 0 Å². The molecule has 282 valence electrons. The summed E-state index contributed by atoms with van der Waals surface area (Å²) < 4.78 is 81.9. The zero-order chi connectivity index (χ0) is 39.2. The second-order valence-corrected chi connectivity index (χ2v) is 11.6. The number of benzene rings is 2. The van der Waals surface area contributed by atoms with Crippen molar-refractivity contribution in [2.45, 2.75) is 12.4 Å². The SMILES string of the molecule is O=C(NCC(F)(F)F)Nc1cccc(-c2cnc3cc(-c4cnco4)ccn23)c1.O=Cc1ccn2c(-c3cccc(NC(=O)NCC(F)(F)F)c3)cnc2c1. The third-order valence-corrected chi connectivity index (χ3v) is 7.63. The first kappa shape index (κ1) is 37.6. The number of rotatable bonds is 8. The number of pyridine rings is 2. The van der Waals surface area contributed by atoms with Crippen LogP contribution in [0.25, 0.3) is 45.1 Å². The van der Waals surface area contributed by atoms with Gasteiger partial charge in [0.1, 0.15) is 30.7 Å². The zero-order valence-corrected chi connectivity index (χ0v) is 28.0. The normalized spacial score (nSPS) is 11.5. The number of hydrogen-bond donors (Lipinski definition) is 4. The van der Waals surface area contributed by atoms with Crippen LogP contribution in [0.1, 0.15) is 10.4 Å². The Kier molecular flexibility index (Phi) is 10.8. The molecule has 0 saturated heterocycles. The van der Waals surface area contributed by atoms with Crippen LogP contribution >= 0.6 is 0 Å². The molecule has 4 N–H and O–H groups in total. The number of alkyl halides is 6. The first-order valence-electron chi connectivity index (χ1n) is 16.0. The van der Waals surface area contributed by atoms with E-state index < -0.39 is 37.5 Å². The van der Waals surface area contributed by atoms with Crippen LogP contribution in [-0.2, 0) is 0 Å². The van der Waals surface area contributed by atoms with Gasteiger partial charge in [0.05, 0.1) is 30.0 Å². The number of urea groups is 2. The number of fused-ring (bicyclic) bond motifs is 2. The molecule has 0 saturated carbocycles. The Hall–Kier alpha value is -7.18. The number of imidazole rings is 2. The summed E-state index contributed by atoms with van der Waals surface area (Å²) in [6.07, 6.45) is 1.52. The minimum absolute atomic E-state index is 0.335. The fraction of sp³-hybridized carbons (Fsp3) is 0.111. The van der Waals surface area contributed by atoms with Crippen molar-refractivity contribution in [2.24, 2.45) is 0 Å². The molecule has 0 bridgehead atoms. The molecule has 55 heavy (non-hydrogen) atoms. The number of anilines is 2. The fourth-order valence-electron chi connectivity index (χ4n) is 5.21. The van der Waals surface area contributed by atoms with Gasteiger partial charge >= 0.3 is 24.4 Å². The standard InChI is InChI=1S/C19H14F3N5O2.C17H13F3N4O2/c20-19(21,22)10-25-18(28)26-14-3-1-2-12(6-14)15-8-24-17-7-13(4-5-27(15)17)16-9-23-11-29-16;18-17(19,20)10-22-16(26)23-13-3-1-2-12(7-13)14-8-21-15-6-11(9-25)4-5-24(14)15/h1-9,11H,10H2,(H2,25,26,28);1-9H,10H2,(H2,22,23,26). The van der Waals surface area contributed by atoms with E-state index in [1.165, 1.54) is 6.39 Å². The van der Waals surface area contributed by atoms with Crippen molar-refractivity contribution in [3.05, 3.63) is 116 Å². The average molecular weight is 764 g/mol. The minimum atomic E-state index is -4.48. The van der Waals surface area contributed by atoms with Crippen molar-refractivity contribution < 1.29 is 45.1 Å². The van der Waals surface area contributed by atoms with Crippen LogP contribution < -0.4 is 21.3 Å². The topological polar surface area (TPSA) is 160 Å². The molecule has 0 spiro atoms. The highest BCUT2D eigenvalue weighted by molar-refractivity contribution is 5.91. The van der Waals surface area contributed by atoms with Gasteiger partial charge in [-0.1, -0.05) is 24.3 Å². The summed E-state index contributed by atoms with van der Waals surface area (Å²) in [5.74, 6) is 0.619. The Bertz CT molecular complexity index is 2460. The zero-order valence-electron chi connectivity index (χ0n) is 28.0. The van der Waals surface area contributed by atoms with Gasteiger partial charge in [-0.25, -0.2) is 24.5 Å². The lowest BCUT2D eigenvalue weighted by molar-refractivity contribution is -0.123. The summed E-state index contributed by atoms with van der Waals surface area (Å²) >= 11 is 0. The maximum absolute atomic E-state index is 12.2. The predicted octanol–water partition coefficient (Wildman–Crippen LogP) is 7.84. The van der Waals surface area contributed by atoms with Crippen LogP contribution in [-0.4, -0.2) is 67.5 Å². The number of nitrogens with one attached hydrogen (secondary N) is 4. The second-order valence-electron chi connectivity index (χ2n) is 11.6. The molecule has 7 aromatic rings. The minimum Gasteiger partial charge on any atom is -0.444 e. The van der Waals surface area contributed by atoms with E-state index >= 15 is 0 Å². The van der Waals surface area contributed by atoms with Crippen molar-refractivity contribution in [3.8, 4) is 33.8 Å². The first-order chi connectivity index (χ1) is 26.2. The number of carbonyl (C=O) groups is 3. The van der Waals surface area contributed by atoms with Gasteiger partial charge in [-0.15, -0.1) is 0 Å². The Morgan fingerprint density at radius 1 is 0.673 bits per heavy atom. The van der Waals surface area contributed by atoms with Gasteiger partial charge < -0.3 is 25.7 Å². The van der Waals surface area contributed by atoms with E-state index in [2.05, 4.69) is 25.6 Å².